The number of rotatable bonds is 9. The van der Waals surface area contributed by atoms with Crippen molar-refractivity contribution in [1.82, 2.24) is 10.3 Å². The Morgan fingerprint density at radius 3 is 2.20 bits per heavy atom. The summed E-state index contributed by atoms with van der Waals surface area (Å²) in [5.74, 6) is -0.169. The van der Waals surface area contributed by atoms with Crippen molar-refractivity contribution in [3.63, 3.8) is 0 Å². The van der Waals surface area contributed by atoms with E-state index in [-0.39, 0.29) is 18.2 Å². The number of halogens is 1. The summed E-state index contributed by atoms with van der Waals surface area (Å²) < 4.78 is 0. The molecule has 0 unspecified atom stereocenters. The highest BCUT2D eigenvalue weighted by Crippen LogP contribution is 2.22. The Hall–Kier alpha value is -3.96. The van der Waals surface area contributed by atoms with E-state index in [4.69, 9.17) is 11.6 Å². The maximum atomic E-state index is 13.4. The summed E-state index contributed by atoms with van der Waals surface area (Å²) in [7, 11) is 0. The molecule has 0 aliphatic rings. The van der Waals surface area contributed by atoms with Crippen LogP contribution in [-0.2, 0) is 24.2 Å². The zero-order valence-electron chi connectivity index (χ0n) is 19.2. The lowest BCUT2D eigenvalue weighted by Gasteiger charge is -2.23. The van der Waals surface area contributed by atoms with Crippen LogP contribution in [0.15, 0.2) is 103 Å². The first-order valence-electron chi connectivity index (χ1n) is 11.5. The molecule has 0 atom stereocenters. The van der Waals surface area contributed by atoms with Gasteiger partial charge in [-0.15, -0.1) is 0 Å². The van der Waals surface area contributed by atoms with Gasteiger partial charge in [-0.1, -0.05) is 60.1 Å². The molecule has 2 amide bonds. The number of carbonyl (C=O) groups is 2. The number of benzene rings is 3. The van der Waals surface area contributed by atoms with E-state index in [1.165, 1.54) is 0 Å². The second-order valence-corrected chi connectivity index (χ2v) is 8.58. The zero-order chi connectivity index (χ0) is 24.5. The quantitative estimate of drug-likeness (QED) is 0.342. The molecule has 35 heavy (non-hydrogen) atoms. The topological polar surface area (TPSA) is 62.3 Å². The average molecular weight is 484 g/mol. The van der Waals surface area contributed by atoms with E-state index in [9.17, 15) is 9.59 Å². The molecule has 0 saturated carbocycles. The van der Waals surface area contributed by atoms with Gasteiger partial charge < -0.3 is 10.2 Å². The lowest BCUT2D eigenvalue weighted by molar-refractivity contribution is -0.120. The molecule has 0 aliphatic carbocycles. The lowest BCUT2D eigenvalue weighted by Crippen LogP contribution is -2.30. The van der Waals surface area contributed by atoms with Gasteiger partial charge in [-0.3, -0.25) is 14.6 Å². The normalized spacial score (nSPS) is 10.5. The first kappa shape index (κ1) is 24.2. The van der Waals surface area contributed by atoms with Crippen molar-refractivity contribution in [2.75, 3.05) is 11.4 Å². The van der Waals surface area contributed by atoms with Crippen LogP contribution in [0.2, 0.25) is 5.02 Å². The van der Waals surface area contributed by atoms with Crippen molar-refractivity contribution in [2.24, 2.45) is 0 Å². The standard InChI is InChI=1S/C29H26ClN3O2/c30-25-13-11-24(12-14-25)29(35)33(21-23-6-2-1-3-7-23)27-15-9-22(10-16-27)20-28(34)32-19-17-26-8-4-5-18-31-26/h1-16,18H,17,19-21H2,(H,32,34). The molecule has 1 aromatic heterocycles. The zero-order valence-corrected chi connectivity index (χ0v) is 20.0. The molecule has 3 aromatic carbocycles. The Morgan fingerprint density at radius 2 is 1.51 bits per heavy atom. The first-order chi connectivity index (χ1) is 17.1. The Bertz CT molecular complexity index is 1240. The van der Waals surface area contributed by atoms with Crippen LogP contribution in [0.25, 0.3) is 0 Å². The Labute approximate surface area is 210 Å². The summed E-state index contributed by atoms with van der Waals surface area (Å²) in [5, 5.41) is 3.52. The van der Waals surface area contributed by atoms with Gasteiger partial charge in [0.25, 0.3) is 5.91 Å². The summed E-state index contributed by atoms with van der Waals surface area (Å²) in [6.07, 6.45) is 2.70. The van der Waals surface area contributed by atoms with Crippen LogP contribution in [0, 0.1) is 0 Å². The molecule has 0 bridgehead atoms. The number of aromatic nitrogens is 1. The number of hydrogen-bond donors (Lipinski definition) is 1. The van der Waals surface area contributed by atoms with E-state index in [1.807, 2.05) is 72.8 Å². The number of carbonyl (C=O) groups excluding carboxylic acids is 2. The van der Waals surface area contributed by atoms with Gasteiger partial charge in [0.1, 0.15) is 0 Å². The van der Waals surface area contributed by atoms with Gasteiger partial charge in [0.2, 0.25) is 5.91 Å². The maximum Gasteiger partial charge on any atom is 0.258 e. The van der Waals surface area contributed by atoms with E-state index in [0.29, 0.717) is 30.1 Å². The van der Waals surface area contributed by atoms with Gasteiger partial charge in [0.15, 0.2) is 0 Å². The predicted octanol–water partition coefficient (Wildman–Crippen LogP) is 5.48. The fourth-order valence-electron chi connectivity index (χ4n) is 3.71. The smallest absolute Gasteiger partial charge is 0.258 e. The molecule has 176 valence electrons. The van der Waals surface area contributed by atoms with E-state index < -0.39 is 0 Å². The molecular formula is C29H26ClN3O2. The van der Waals surface area contributed by atoms with Crippen LogP contribution in [0.1, 0.15) is 27.2 Å². The maximum absolute atomic E-state index is 13.4. The van der Waals surface area contributed by atoms with Crippen molar-refractivity contribution in [3.8, 4) is 0 Å². The minimum atomic E-state index is -0.120. The predicted molar refractivity (Wildman–Crippen MR) is 140 cm³/mol. The van der Waals surface area contributed by atoms with Crippen LogP contribution in [0.5, 0.6) is 0 Å². The second-order valence-electron chi connectivity index (χ2n) is 8.15. The highest BCUT2D eigenvalue weighted by molar-refractivity contribution is 6.30. The molecule has 0 saturated heterocycles. The van der Waals surface area contributed by atoms with Gasteiger partial charge in [0, 0.05) is 41.1 Å². The van der Waals surface area contributed by atoms with E-state index >= 15 is 0 Å². The molecule has 4 aromatic rings. The number of nitrogens with one attached hydrogen (secondary N) is 1. The molecule has 0 fully saturated rings. The van der Waals surface area contributed by atoms with Gasteiger partial charge in [0.05, 0.1) is 13.0 Å². The van der Waals surface area contributed by atoms with Gasteiger partial charge >= 0.3 is 0 Å². The number of hydrogen-bond acceptors (Lipinski definition) is 3. The van der Waals surface area contributed by atoms with Crippen LogP contribution in [0.3, 0.4) is 0 Å². The third-order valence-corrected chi connectivity index (χ3v) is 5.81. The molecule has 6 heteroatoms. The fourth-order valence-corrected chi connectivity index (χ4v) is 3.84. The minimum Gasteiger partial charge on any atom is -0.355 e. The average Bonchev–Trinajstić information content (AvgIpc) is 2.89. The van der Waals surface area contributed by atoms with Crippen LogP contribution in [0.4, 0.5) is 5.69 Å². The van der Waals surface area contributed by atoms with Crippen LogP contribution >= 0.6 is 11.6 Å². The number of amides is 2. The van der Waals surface area contributed by atoms with Gasteiger partial charge in [-0.05, 0) is 59.7 Å². The van der Waals surface area contributed by atoms with E-state index in [2.05, 4.69) is 10.3 Å². The summed E-state index contributed by atoms with van der Waals surface area (Å²) in [5.41, 5.74) is 4.16. The van der Waals surface area contributed by atoms with Crippen LogP contribution in [-0.4, -0.2) is 23.3 Å². The highest BCUT2D eigenvalue weighted by Gasteiger charge is 2.18. The Morgan fingerprint density at radius 1 is 0.800 bits per heavy atom. The summed E-state index contributed by atoms with van der Waals surface area (Å²) in [6, 6.07) is 30.0. The SMILES string of the molecule is O=C(Cc1ccc(N(Cc2ccccc2)C(=O)c2ccc(Cl)cc2)cc1)NCCc1ccccn1. The van der Waals surface area contributed by atoms with Gasteiger partial charge in [-0.2, -0.15) is 0 Å². The summed E-state index contributed by atoms with van der Waals surface area (Å²) >= 11 is 6.00. The number of nitrogens with zero attached hydrogens (tertiary/aromatic N) is 2. The van der Waals surface area contributed by atoms with Crippen molar-refractivity contribution >= 4 is 29.1 Å². The number of anilines is 1. The lowest BCUT2D eigenvalue weighted by atomic mass is 10.1. The Kier molecular flexibility index (Phi) is 8.25. The second kappa shape index (κ2) is 12.0. The number of pyridine rings is 1. The largest absolute Gasteiger partial charge is 0.355 e. The highest BCUT2D eigenvalue weighted by atomic mass is 35.5. The van der Waals surface area contributed by atoms with E-state index in [0.717, 1.165) is 22.5 Å². The molecule has 1 N–H and O–H groups in total. The fraction of sp³-hybridized carbons (Fsp3) is 0.138. The Balaban J connectivity index is 1.43. The third kappa shape index (κ3) is 7.01. The monoisotopic (exact) mass is 483 g/mol. The molecule has 0 spiro atoms. The molecule has 1 heterocycles. The van der Waals surface area contributed by atoms with Crippen molar-refractivity contribution < 1.29 is 9.59 Å². The minimum absolute atomic E-state index is 0.0490. The first-order valence-corrected chi connectivity index (χ1v) is 11.8. The molecule has 0 aliphatic heterocycles. The van der Waals surface area contributed by atoms with Gasteiger partial charge in [-0.25, -0.2) is 0 Å². The third-order valence-electron chi connectivity index (χ3n) is 5.56. The van der Waals surface area contributed by atoms with Crippen molar-refractivity contribution in [1.29, 1.82) is 0 Å². The van der Waals surface area contributed by atoms with Crippen molar-refractivity contribution in [3.05, 3.63) is 131 Å². The molecule has 5 nitrogen and oxygen atoms in total. The summed E-state index contributed by atoms with van der Waals surface area (Å²) in [4.78, 5) is 31.7. The molecular weight excluding hydrogens is 458 g/mol. The summed E-state index contributed by atoms with van der Waals surface area (Å²) in [6.45, 7) is 0.962. The van der Waals surface area contributed by atoms with E-state index in [1.54, 1.807) is 35.4 Å². The molecule has 4 rings (SSSR count). The van der Waals surface area contributed by atoms with Crippen LogP contribution < -0.4 is 10.2 Å². The van der Waals surface area contributed by atoms with Crippen molar-refractivity contribution in [2.45, 2.75) is 19.4 Å². The molecule has 0 radical (unpaired) electrons.